The number of hydrogen-bond acceptors (Lipinski definition) is 6. The molecule has 0 unspecified atom stereocenters. The van der Waals surface area contributed by atoms with Crippen molar-refractivity contribution in [2.75, 3.05) is 31.2 Å². The van der Waals surface area contributed by atoms with Crippen molar-refractivity contribution < 1.29 is 9.84 Å². The number of rotatable bonds is 3. The van der Waals surface area contributed by atoms with Gasteiger partial charge in [-0.2, -0.15) is 0 Å². The first-order chi connectivity index (χ1) is 14.2. The Labute approximate surface area is 166 Å². The second-order valence-electron chi connectivity index (χ2n) is 6.91. The summed E-state index contributed by atoms with van der Waals surface area (Å²) >= 11 is 0. The number of anilines is 1. The fourth-order valence-electron chi connectivity index (χ4n) is 3.60. The fraction of sp³-hybridized carbons (Fsp3) is 0.190. The maximum absolute atomic E-state index is 12.7. The molecule has 0 aliphatic carbocycles. The number of phenols is 1. The van der Waals surface area contributed by atoms with E-state index in [1.54, 1.807) is 41.2 Å². The van der Waals surface area contributed by atoms with E-state index in [2.05, 4.69) is 20.2 Å². The van der Waals surface area contributed by atoms with Crippen molar-refractivity contribution in [1.29, 1.82) is 0 Å². The van der Waals surface area contributed by atoms with E-state index < -0.39 is 0 Å². The van der Waals surface area contributed by atoms with Gasteiger partial charge in [-0.05, 0) is 18.2 Å². The molecule has 1 saturated heterocycles. The van der Waals surface area contributed by atoms with Gasteiger partial charge in [0.15, 0.2) is 5.43 Å². The average molecular weight is 389 g/mol. The number of aromatic hydroxyl groups is 1. The highest BCUT2D eigenvalue weighted by atomic mass is 16.5. The molecule has 0 radical (unpaired) electrons. The molecule has 4 aromatic rings. The van der Waals surface area contributed by atoms with Crippen LogP contribution in [0.2, 0.25) is 0 Å². The minimum Gasteiger partial charge on any atom is -0.508 e. The number of nitrogens with zero attached hydrogens (tertiary/aromatic N) is 4. The minimum atomic E-state index is -0.0394. The van der Waals surface area contributed by atoms with Gasteiger partial charge in [0, 0.05) is 36.2 Å². The Hall–Kier alpha value is -3.65. The van der Waals surface area contributed by atoms with E-state index in [-0.39, 0.29) is 11.2 Å². The quantitative estimate of drug-likeness (QED) is 0.558. The van der Waals surface area contributed by atoms with E-state index in [0.29, 0.717) is 30.0 Å². The van der Waals surface area contributed by atoms with Crippen molar-refractivity contribution in [1.82, 2.24) is 20.0 Å². The lowest BCUT2D eigenvalue weighted by atomic mass is 10.1. The number of morpholine rings is 1. The SMILES string of the molecule is O=c1cc(N2CCOCC2)[nH]c2c(-c3cn(-c4cccc(O)c4)nn3)cccc12. The van der Waals surface area contributed by atoms with Crippen LogP contribution in [0.1, 0.15) is 0 Å². The Kier molecular flexibility index (Phi) is 4.25. The highest BCUT2D eigenvalue weighted by Gasteiger charge is 2.16. The van der Waals surface area contributed by atoms with Crippen LogP contribution >= 0.6 is 0 Å². The first-order valence-corrected chi connectivity index (χ1v) is 9.40. The van der Waals surface area contributed by atoms with Gasteiger partial charge in [0.2, 0.25) is 0 Å². The third-order valence-electron chi connectivity index (χ3n) is 5.07. The molecule has 2 N–H and O–H groups in total. The number of para-hydroxylation sites is 1. The maximum Gasteiger partial charge on any atom is 0.191 e. The largest absolute Gasteiger partial charge is 0.508 e. The number of ether oxygens (including phenoxy) is 1. The number of aromatic nitrogens is 4. The molecule has 0 amide bonds. The Morgan fingerprint density at radius 2 is 1.90 bits per heavy atom. The highest BCUT2D eigenvalue weighted by molar-refractivity contribution is 5.93. The van der Waals surface area contributed by atoms with Crippen molar-refractivity contribution in [3.05, 3.63) is 65.0 Å². The van der Waals surface area contributed by atoms with Crippen LogP contribution in [0, 0.1) is 0 Å². The smallest absolute Gasteiger partial charge is 0.191 e. The molecule has 0 bridgehead atoms. The number of fused-ring (bicyclic) bond motifs is 1. The molecule has 146 valence electrons. The Morgan fingerprint density at radius 1 is 1.07 bits per heavy atom. The lowest BCUT2D eigenvalue weighted by molar-refractivity contribution is 0.122. The van der Waals surface area contributed by atoms with Crippen LogP contribution in [0.25, 0.3) is 27.8 Å². The first kappa shape index (κ1) is 17.4. The molecule has 2 aromatic heterocycles. The molecule has 29 heavy (non-hydrogen) atoms. The zero-order valence-electron chi connectivity index (χ0n) is 15.6. The molecule has 8 heteroatoms. The third-order valence-corrected chi connectivity index (χ3v) is 5.07. The van der Waals surface area contributed by atoms with Crippen LogP contribution in [-0.4, -0.2) is 51.4 Å². The molecule has 5 rings (SSSR count). The van der Waals surface area contributed by atoms with E-state index >= 15 is 0 Å². The summed E-state index contributed by atoms with van der Waals surface area (Å²) in [5.74, 6) is 0.933. The Bertz CT molecular complexity index is 1240. The van der Waals surface area contributed by atoms with Gasteiger partial charge in [-0.25, -0.2) is 4.68 Å². The predicted octanol–water partition coefficient (Wildman–Crippen LogP) is 2.32. The van der Waals surface area contributed by atoms with Crippen molar-refractivity contribution >= 4 is 16.7 Å². The normalized spacial score (nSPS) is 14.4. The first-order valence-electron chi connectivity index (χ1n) is 9.40. The summed E-state index contributed by atoms with van der Waals surface area (Å²) in [5.41, 5.74) is 2.81. The van der Waals surface area contributed by atoms with E-state index in [4.69, 9.17) is 4.74 Å². The Morgan fingerprint density at radius 3 is 2.72 bits per heavy atom. The topological polar surface area (TPSA) is 96.3 Å². The van der Waals surface area contributed by atoms with Gasteiger partial charge in [-0.1, -0.05) is 23.4 Å². The van der Waals surface area contributed by atoms with Crippen LogP contribution in [0.3, 0.4) is 0 Å². The molecule has 1 aliphatic heterocycles. The fourth-order valence-corrected chi connectivity index (χ4v) is 3.60. The number of pyridine rings is 1. The van der Waals surface area contributed by atoms with Crippen molar-refractivity contribution in [3.8, 4) is 22.7 Å². The lowest BCUT2D eigenvalue weighted by Crippen LogP contribution is -2.37. The monoisotopic (exact) mass is 389 g/mol. The molecular formula is C21H19N5O3. The van der Waals surface area contributed by atoms with Gasteiger partial charge in [-0.15, -0.1) is 5.10 Å². The summed E-state index contributed by atoms with van der Waals surface area (Å²) in [6.45, 7) is 2.74. The number of benzene rings is 2. The van der Waals surface area contributed by atoms with Gasteiger partial charge in [0.1, 0.15) is 17.3 Å². The molecule has 0 spiro atoms. The molecule has 3 heterocycles. The van der Waals surface area contributed by atoms with Gasteiger partial charge in [0.25, 0.3) is 0 Å². The van der Waals surface area contributed by atoms with Crippen LogP contribution < -0.4 is 10.3 Å². The molecule has 2 aromatic carbocycles. The summed E-state index contributed by atoms with van der Waals surface area (Å²) in [4.78, 5) is 18.3. The van der Waals surface area contributed by atoms with E-state index in [0.717, 1.165) is 30.0 Å². The molecular weight excluding hydrogens is 370 g/mol. The highest BCUT2D eigenvalue weighted by Crippen LogP contribution is 2.27. The summed E-state index contributed by atoms with van der Waals surface area (Å²) in [5, 5.41) is 18.8. The van der Waals surface area contributed by atoms with E-state index in [1.807, 2.05) is 18.2 Å². The van der Waals surface area contributed by atoms with E-state index in [1.165, 1.54) is 0 Å². The number of phenolic OH excluding ortho intramolecular Hbond substituents is 1. The molecule has 8 nitrogen and oxygen atoms in total. The Balaban J connectivity index is 1.61. The van der Waals surface area contributed by atoms with Crippen molar-refractivity contribution in [3.63, 3.8) is 0 Å². The van der Waals surface area contributed by atoms with Crippen LogP contribution in [0.15, 0.2) is 59.5 Å². The molecule has 0 saturated carbocycles. The van der Waals surface area contributed by atoms with E-state index in [9.17, 15) is 9.90 Å². The van der Waals surface area contributed by atoms with Crippen LogP contribution in [0.4, 0.5) is 5.82 Å². The van der Waals surface area contributed by atoms with Gasteiger partial charge >= 0.3 is 0 Å². The lowest BCUT2D eigenvalue weighted by Gasteiger charge is -2.28. The zero-order valence-corrected chi connectivity index (χ0v) is 15.6. The van der Waals surface area contributed by atoms with Gasteiger partial charge in [0.05, 0.1) is 30.6 Å². The maximum atomic E-state index is 12.7. The third kappa shape index (κ3) is 3.23. The van der Waals surface area contributed by atoms with Gasteiger partial charge < -0.3 is 19.7 Å². The minimum absolute atomic E-state index is 0.0394. The van der Waals surface area contributed by atoms with Gasteiger partial charge in [-0.3, -0.25) is 4.79 Å². The second-order valence-corrected chi connectivity index (χ2v) is 6.91. The summed E-state index contributed by atoms with van der Waals surface area (Å²) in [6.07, 6.45) is 1.78. The predicted molar refractivity (Wildman–Crippen MR) is 110 cm³/mol. The second kappa shape index (κ2) is 7.06. The average Bonchev–Trinajstić information content (AvgIpc) is 3.24. The van der Waals surface area contributed by atoms with Crippen LogP contribution in [-0.2, 0) is 4.74 Å². The van der Waals surface area contributed by atoms with Crippen molar-refractivity contribution in [2.45, 2.75) is 0 Å². The number of nitrogens with one attached hydrogen (secondary N) is 1. The zero-order chi connectivity index (χ0) is 19.8. The number of aromatic amines is 1. The summed E-state index contributed by atoms with van der Waals surface area (Å²) in [6, 6.07) is 14.0. The summed E-state index contributed by atoms with van der Waals surface area (Å²) in [7, 11) is 0. The molecule has 0 atom stereocenters. The standard InChI is InChI=1S/C21H19N5O3/c27-15-4-1-3-14(11-15)26-13-18(23-24-26)16-5-2-6-17-19(28)12-20(22-21(16)17)25-7-9-29-10-8-25/h1-6,11-13,27H,7-10H2,(H,22,28). The number of hydrogen-bond donors (Lipinski definition) is 2. The molecule has 1 aliphatic rings. The van der Waals surface area contributed by atoms with Crippen molar-refractivity contribution in [2.24, 2.45) is 0 Å². The summed E-state index contributed by atoms with van der Waals surface area (Å²) < 4.78 is 7.01. The molecule has 1 fully saturated rings. The van der Waals surface area contributed by atoms with Crippen LogP contribution in [0.5, 0.6) is 5.75 Å². The number of H-pyrrole nitrogens is 1.